The smallest absolute Gasteiger partial charge is 0.329 e. The van der Waals surface area contributed by atoms with Gasteiger partial charge >= 0.3 is 12.0 Å². The third-order valence-electron chi connectivity index (χ3n) is 4.64. The zero-order chi connectivity index (χ0) is 20.5. The molecule has 3 aromatic rings. The number of amides is 3. The highest BCUT2D eigenvalue weighted by molar-refractivity contribution is 6.14. The number of urea groups is 1. The Balaban J connectivity index is 1.65. The molecule has 8 heteroatoms. The Morgan fingerprint density at radius 3 is 2.55 bits per heavy atom. The van der Waals surface area contributed by atoms with Crippen molar-refractivity contribution < 1.29 is 23.9 Å². The first kappa shape index (κ1) is 18.4. The van der Waals surface area contributed by atoms with Gasteiger partial charge in [-0.2, -0.15) is 0 Å². The molecule has 0 radical (unpaired) electrons. The molecular formula is C21H16FN3O4. The van der Waals surface area contributed by atoms with Gasteiger partial charge in [0.2, 0.25) is 0 Å². The molecule has 1 aliphatic rings. The third kappa shape index (κ3) is 3.60. The van der Waals surface area contributed by atoms with Crippen LogP contribution in [0.4, 0.5) is 9.18 Å². The van der Waals surface area contributed by atoms with Crippen molar-refractivity contribution in [2.24, 2.45) is 0 Å². The topological polar surface area (TPSA) is 91.6 Å². The fourth-order valence-electron chi connectivity index (χ4n) is 3.31. The van der Waals surface area contributed by atoms with Crippen molar-refractivity contribution in [3.63, 3.8) is 0 Å². The maximum absolute atomic E-state index is 13.1. The van der Waals surface area contributed by atoms with E-state index in [1.54, 1.807) is 22.9 Å². The van der Waals surface area contributed by atoms with Crippen molar-refractivity contribution in [2.45, 2.75) is 13.1 Å². The molecule has 7 nitrogen and oxygen atoms in total. The minimum absolute atomic E-state index is 0.0169. The molecule has 1 fully saturated rings. The summed E-state index contributed by atoms with van der Waals surface area (Å²) in [4.78, 5) is 37.1. The molecule has 0 saturated carbocycles. The number of rotatable bonds is 5. The zero-order valence-corrected chi connectivity index (χ0v) is 15.1. The van der Waals surface area contributed by atoms with Crippen molar-refractivity contribution in [2.75, 3.05) is 0 Å². The number of carbonyl (C=O) groups is 3. The number of hydrogen-bond acceptors (Lipinski definition) is 3. The maximum Gasteiger partial charge on any atom is 0.329 e. The first-order chi connectivity index (χ1) is 13.9. The maximum atomic E-state index is 13.1. The molecule has 1 aliphatic heterocycles. The molecule has 0 aliphatic carbocycles. The summed E-state index contributed by atoms with van der Waals surface area (Å²) in [7, 11) is 0. The number of hydrogen-bond donors (Lipinski definition) is 2. The van der Waals surface area contributed by atoms with Gasteiger partial charge in [-0.15, -0.1) is 0 Å². The highest BCUT2D eigenvalue weighted by Crippen LogP contribution is 2.25. The monoisotopic (exact) mass is 393 g/mol. The second kappa shape index (κ2) is 7.23. The second-order valence-electron chi connectivity index (χ2n) is 6.63. The van der Waals surface area contributed by atoms with Crippen LogP contribution in [0.5, 0.6) is 0 Å². The van der Waals surface area contributed by atoms with Gasteiger partial charge < -0.3 is 15.0 Å². The SMILES string of the molecule is O=C(O)Cn1cc(/C=C2/NC(=O)N(Cc3ccc(F)cc3)C2=O)c2ccccc21. The minimum atomic E-state index is -0.985. The van der Waals surface area contributed by atoms with Crippen LogP contribution in [0.2, 0.25) is 0 Å². The van der Waals surface area contributed by atoms with Crippen molar-refractivity contribution >= 4 is 34.9 Å². The number of fused-ring (bicyclic) bond motifs is 1. The predicted octanol–water partition coefficient (Wildman–Crippen LogP) is 2.96. The molecular weight excluding hydrogens is 377 g/mol. The molecule has 0 spiro atoms. The van der Waals surface area contributed by atoms with E-state index in [0.717, 1.165) is 10.3 Å². The normalized spacial score (nSPS) is 15.3. The largest absolute Gasteiger partial charge is 0.480 e. The van der Waals surface area contributed by atoms with Gasteiger partial charge in [-0.1, -0.05) is 30.3 Å². The van der Waals surface area contributed by atoms with E-state index in [0.29, 0.717) is 16.6 Å². The van der Waals surface area contributed by atoms with Crippen LogP contribution in [0, 0.1) is 5.82 Å². The van der Waals surface area contributed by atoms with E-state index in [4.69, 9.17) is 5.11 Å². The summed E-state index contributed by atoms with van der Waals surface area (Å²) >= 11 is 0. The number of nitrogens with zero attached hydrogens (tertiary/aromatic N) is 2. The summed E-state index contributed by atoms with van der Waals surface area (Å²) in [6.07, 6.45) is 3.17. The van der Waals surface area contributed by atoms with Gasteiger partial charge in [-0.05, 0) is 29.8 Å². The van der Waals surface area contributed by atoms with Gasteiger partial charge in [0.1, 0.15) is 18.1 Å². The highest BCUT2D eigenvalue weighted by Gasteiger charge is 2.33. The van der Waals surface area contributed by atoms with Crippen molar-refractivity contribution in [3.8, 4) is 0 Å². The number of aliphatic carboxylic acids is 1. The van der Waals surface area contributed by atoms with Crippen LogP contribution in [0.3, 0.4) is 0 Å². The van der Waals surface area contributed by atoms with E-state index >= 15 is 0 Å². The molecule has 2 aromatic carbocycles. The Labute approximate surface area is 164 Å². The van der Waals surface area contributed by atoms with Gasteiger partial charge in [0, 0.05) is 22.7 Å². The van der Waals surface area contributed by atoms with Gasteiger partial charge in [0.25, 0.3) is 5.91 Å². The quantitative estimate of drug-likeness (QED) is 0.515. The Kier molecular flexibility index (Phi) is 4.59. The van der Waals surface area contributed by atoms with Crippen molar-refractivity contribution in [3.05, 3.63) is 77.4 Å². The number of carboxylic acid groups (broad SMARTS) is 1. The third-order valence-corrected chi connectivity index (χ3v) is 4.64. The molecule has 0 bridgehead atoms. The Morgan fingerprint density at radius 1 is 1.10 bits per heavy atom. The molecule has 0 atom stereocenters. The van der Waals surface area contributed by atoms with Gasteiger partial charge in [-0.25, -0.2) is 9.18 Å². The lowest BCUT2D eigenvalue weighted by atomic mass is 10.1. The number of carboxylic acids is 1. The van der Waals surface area contributed by atoms with Crippen molar-refractivity contribution in [1.82, 2.24) is 14.8 Å². The predicted molar refractivity (Wildman–Crippen MR) is 103 cm³/mol. The first-order valence-electron chi connectivity index (χ1n) is 8.81. The van der Waals surface area contributed by atoms with Gasteiger partial charge in [-0.3, -0.25) is 14.5 Å². The summed E-state index contributed by atoms with van der Waals surface area (Å²) < 4.78 is 14.6. The summed E-state index contributed by atoms with van der Waals surface area (Å²) in [6.45, 7) is -0.205. The number of nitrogens with one attached hydrogen (secondary N) is 1. The summed E-state index contributed by atoms with van der Waals surface area (Å²) in [5.74, 6) is -1.89. The Morgan fingerprint density at radius 2 is 1.83 bits per heavy atom. The van der Waals surface area contributed by atoms with Crippen LogP contribution in [0.15, 0.2) is 60.4 Å². The minimum Gasteiger partial charge on any atom is -0.480 e. The molecule has 2 heterocycles. The molecule has 1 saturated heterocycles. The molecule has 1 aromatic heterocycles. The van der Waals surface area contributed by atoms with Crippen LogP contribution >= 0.6 is 0 Å². The number of halogens is 1. The van der Waals surface area contributed by atoms with Gasteiger partial charge in [0.15, 0.2) is 0 Å². The average Bonchev–Trinajstić information content (AvgIpc) is 3.16. The first-order valence-corrected chi connectivity index (χ1v) is 8.81. The number of benzene rings is 2. The van der Waals surface area contributed by atoms with Gasteiger partial charge in [0.05, 0.1) is 6.54 Å². The summed E-state index contributed by atoms with van der Waals surface area (Å²) in [5.41, 5.74) is 2.04. The number of carbonyl (C=O) groups excluding carboxylic acids is 2. The number of imide groups is 1. The lowest BCUT2D eigenvalue weighted by molar-refractivity contribution is -0.137. The Bertz CT molecular complexity index is 1160. The Hall–Kier alpha value is -3.94. The fraction of sp³-hybridized carbons (Fsp3) is 0.0952. The van der Waals surface area contributed by atoms with E-state index in [2.05, 4.69) is 5.32 Å². The zero-order valence-electron chi connectivity index (χ0n) is 15.1. The highest BCUT2D eigenvalue weighted by atomic mass is 19.1. The van der Waals surface area contributed by atoms with E-state index < -0.39 is 23.7 Å². The standard InChI is InChI=1S/C21H16FN3O4/c22-15-7-5-13(6-8-15)10-25-20(28)17(23-21(25)29)9-14-11-24(12-19(26)27)18-4-2-1-3-16(14)18/h1-9,11H,10,12H2,(H,23,29)(H,26,27)/b17-9+. The number of para-hydroxylation sites is 1. The van der Waals surface area contributed by atoms with Crippen LogP contribution in [-0.2, 0) is 22.7 Å². The molecule has 0 unspecified atom stereocenters. The molecule has 2 N–H and O–H groups in total. The van der Waals surface area contributed by atoms with E-state index in [-0.39, 0.29) is 18.8 Å². The van der Waals surface area contributed by atoms with Crippen LogP contribution in [0.25, 0.3) is 17.0 Å². The van der Waals surface area contributed by atoms with Crippen LogP contribution in [-0.4, -0.2) is 32.5 Å². The van der Waals surface area contributed by atoms with Crippen molar-refractivity contribution in [1.29, 1.82) is 0 Å². The fourth-order valence-corrected chi connectivity index (χ4v) is 3.31. The summed E-state index contributed by atoms with van der Waals surface area (Å²) in [5, 5.41) is 12.4. The van der Waals surface area contributed by atoms with Crippen LogP contribution in [0.1, 0.15) is 11.1 Å². The summed E-state index contributed by atoms with van der Waals surface area (Å²) in [6, 6.07) is 12.2. The lowest BCUT2D eigenvalue weighted by Crippen LogP contribution is -2.30. The molecule has 4 rings (SSSR count). The molecule has 146 valence electrons. The molecule has 29 heavy (non-hydrogen) atoms. The van der Waals surface area contributed by atoms with E-state index in [9.17, 15) is 18.8 Å². The number of aromatic nitrogens is 1. The molecule has 3 amide bonds. The van der Waals surface area contributed by atoms with E-state index in [1.165, 1.54) is 30.3 Å². The second-order valence-corrected chi connectivity index (χ2v) is 6.63. The lowest BCUT2D eigenvalue weighted by Gasteiger charge is -2.11. The average molecular weight is 393 g/mol. The van der Waals surface area contributed by atoms with Crippen LogP contribution < -0.4 is 5.32 Å². The van der Waals surface area contributed by atoms with E-state index in [1.807, 2.05) is 12.1 Å².